The summed E-state index contributed by atoms with van der Waals surface area (Å²) >= 11 is 2.82. The predicted octanol–water partition coefficient (Wildman–Crippen LogP) is 3.07. The second-order valence-electron chi connectivity index (χ2n) is 3.94. The lowest BCUT2D eigenvalue weighted by Gasteiger charge is -2.07. The van der Waals surface area contributed by atoms with Crippen molar-refractivity contribution in [3.63, 3.8) is 0 Å². The minimum atomic E-state index is -1.18. The Morgan fingerprint density at radius 3 is 2.48 bits per heavy atom. The fourth-order valence-electron chi connectivity index (χ4n) is 1.46. The number of aromatic carboxylic acids is 1. The molecule has 8 heteroatoms. The van der Waals surface area contributed by atoms with E-state index in [1.807, 2.05) is 0 Å². The number of amides is 1. The van der Waals surface area contributed by atoms with Crippen LogP contribution in [0.1, 0.15) is 20.8 Å². The fourth-order valence-corrected chi connectivity index (χ4v) is 1.77. The Balaban J connectivity index is 2.22. The van der Waals surface area contributed by atoms with Crippen LogP contribution in [0.3, 0.4) is 0 Å². The summed E-state index contributed by atoms with van der Waals surface area (Å²) in [5, 5.41) is 10.9. The molecule has 1 amide bonds. The Morgan fingerprint density at radius 2 is 1.90 bits per heavy atom. The van der Waals surface area contributed by atoms with E-state index in [1.54, 1.807) is 0 Å². The SMILES string of the molecule is O=C(O)c1ccc(C(=O)Nc2cc(F)c(Br)cc2F)nc1. The van der Waals surface area contributed by atoms with E-state index in [9.17, 15) is 18.4 Å². The van der Waals surface area contributed by atoms with Gasteiger partial charge < -0.3 is 10.4 Å². The number of nitrogens with zero attached hydrogens (tertiary/aromatic N) is 1. The number of rotatable bonds is 3. The van der Waals surface area contributed by atoms with Gasteiger partial charge in [0.05, 0.1) is 15.7 Å². The molecule has 0 unspecified atom stereocenters. The van der Waals surface area contributed by atoms with E-state index >= 15 is 0 Å². The first-order chi connectivity index (χ1) is 9.88. The summed E-state index contributed by atoms with van der Waals surface area (Å²) in [5.41, 5.74) is -0.556. The number of aromatic nitrogens is 1. The van der Waals surface area contributed by atoms with Crippen LogP contribution in [-0.4, -0.2) is 22.0 Å². The summed E-state index contributed by atoms with van der Waals surface area (Å²) in [5.74, 6) is -3.53. The maximum absolute atomic E-state index is 13.6. The number of benzene rings is 1. The van der Waals surface area contributed by atoms with E-state index in [-0.39, 0.29) is 21.4 Å². The lowest BCUT2D eigenvalue weighted by molar-refractivity contribution is 0.0696. The molecule has 0 aliphatic heterocycles. The summed E-state index contributed by atoms with van der Waals surface area (Å²) in [4.78, 5) is 26.1. The minimum absolute atomic E-state index is 0.0677. The number of nitrogens with one attached hydrogen (secondary N) is 1. The number of carbonyl (C=O) groups is 2. The normalized spacial score (nSPS) is 10.2. The average molecular weight is 357 g/mol. The molecule has 2 rings (SSSR count). The molecule has 5 nitrogen and oxygen atoms in total. The summed E-state index contributed by atoms with van der Waals surface area (Å²) in [6.45, 7) is 0. The van der Waals surface area contributed by atoms with Gasteiger partial charge in [-0.05, 0) is 34.1 Å². The number of hydrogen-bond donors (Lipinski definition) is 2. The number of carbonyl (C=O) groups excluding carboxylic acids is 1. The van der Waals surface area contributed by atoms with Crippen molar-refractivity contribution in [3.8, 4) is 0 Å². The van der Waals surface area contributed by atoms with Gasteiger partial charge in [0.15, 0.2) is 0 Å². The van der Waals surface area contributed by atoms with Crippen LogP contribution >= 0.6 is 15.9 Å². The Morgan fingerprint density at radius 1 is 1.19 bits per heavy atom. The van der Waals surface area contributed by atoms with Crippen LogP contribution in [0, 0.1) is 11.6 Å². The molecule has 0 saturated carbocycles. The van der Waals surface area contributed by atoms with E-state index < -0.39 is 23.5 Å². The second-order valence-corrected chi connectivity index (χ2v) is 4.79. The number of pyridine rings is 1. The van der Waals surface area contributed by atoms with Gasteiger partial charge in [0.1, 0.15) is 17.3 Å². The molecule has 21 heavy (non-hydrogen) atoms. The molecule has 2 N–H and O–H groups in total. The zero-order valence-corrected chi connectivity index (χ0v) is 11.8. The van der Waals surface area contributed by atoms with Gasteiger partial charge in [-0.3, -0.25) is 9.78 Å². The molecular formula is C13H7BrF2N2O3. The molecule has 0 saturated heterocycles. The van der Waals surface area contributed by atoms with Gasteiger partial charge in [-0.15, -0.1) is 0 Å². The van der Waals surface area contributed by atoms with Crippen molar-refractivity contribution >= 4 is 33.5 Å². The van der Waals surface area contributed by atoms with Gasteiger partial charge in [-0.2, -0.15) is 0 Å². The highest BCUT2D eigenvalue weighted by Gasteiger charge is 2.14. The van der Waals surface area contributed by atoms with E-state index in [2.05, 4.69) is 26.2 Å². The highest BCUT2D eigenvalue weighted by molar-refractivity contribution is 9.10. The summed E-state index contributed by atoms with van der Waals surface area (Å²) < 4.78 is 26.8. The summed E-state index contributed by atoms with van der Waals surface area (Å²) in [7, 11) is 0. The van der Waals surface area contributed by atoms with Gasteiger partial charge in [0, 0.05) is 12.3 Å². The van der Waals surface area contributed by atoms with Crippen LogP contribution in [0.25, 0.3) is 0 Å². The molecule has 0 aliphatic carbocycles. The monoisotopic (exact) mass is 356 g/mol. The topological polar surface area (TPSA) is 79.3 Å². The van der Waals surface area contributed by atoms with Crippen LogP contribution in [0.4, 0.5) is 14.5 Å². The molecule has 108 valence electrons. The van der Waals surface area contributed by atoms with Crippen LogP contribution in [-0.2, 0) is 0 Å². The lowest BCUT2D eigenvalue weighted by atomic mass is 10.2. The molecule has 0 radical (unpaired) electrons. The molecule has 1 heterocycles. The number of anilines is 1. The first kappa shape index (κ1) is 15.0. The second kappa shape index (κ2) is 5.96. The maximum atomic E-state index is 13.6. The largest absolute Gasteiger partial charge is 0.478 e. The van der Waals surface area contributed by atoms with Crippen LogP contribution in [0.5, 0.6) is 0 Å². The zero-order valence-electron chi connectivity index (χ0n) is 10.2. The first-order valence-corrected chi connectivity index (χ1v) is 6.33. The quantitative estimate of drug-likeness (QED) is 0.828. The van der Waals surface area contributed by atoms with Crippen molar-refractivity contribution in [3.05, 3.63) is 57.8 Å². The van der Waals surface area contributed by atoms with Gasteiger partial charge >= 0.3 is 5.97 Å². The van der Waals surface area contributed by atoms with E-state index in [4.69, 9.17) is 5.11 Å². The van der Waals surface area contributed by atoms with E-state index in [0.29, 0.717) is 0 Å². The van der Waals surface area contributed by atoms with Crippen LogP contribution < -0.4 is 5.32 Å². The molecule has 0 bridgehead atoms. The summed E-state index contributed by atoms with van der Waals surface area (Å²) in [6, 6.07) is 4.06. The number of halogens is 3. The third-order valence-electron chi connectivity index (χ3n) is 2.50. The highest BCUT2D eigenvalue weighted by Crippen LogP contribution is 2.23. The Labute approximate surface area is 125 Å². The molecule has 0 aliphatic rings. The fraction of sp³-hybridized carbons (Fsp3) is 0. The Kier molecular flexibility index (Phi) is 4.27. The van der Waals surface area contributed by atoms with Gasteiger partial charge in [-0.25, -0.2) is 13.6 Å². The van der Waals surface area contributed by atoms with Crippen molar-refractivity contribution < 1.29 is 23.5 Å². The number of carboxylic acids is 1. The molecule has 0 atom stereocenters. The number of hydrogen-bond acceptors (Lipinski definition) is 3. The molecule has 0 fully saturated rings. The van der Waals surface area contributed by atoms with E-state index in [1.165, 1.54) is 12.1 Å². The van der Waals surface area contributed by atoms with Crippen LogP contribution in [0.15, 0.2) is 34.9 Å². The molecule has 1 aromatic heterocycles. The van der Waals surface area contributed by atoms with Gasteiger partial charge in [0.25, 0.3) is 5.91 Å². The molecule has 0 spiro atoms. The van der Waals surface area contributed by atoms with Crippen LogP contribution in [0.2, 0.25) is 0 Å². The minimum Gasteiger partial charge on any atom is -0.478 e. The van der Waals surface area contributed by atoms with Crippen molar-refractivity contribution in [2.75, 3.05) is 5.32 Å². The lowest BCUT2D eigenvalue weighted by Crippen LogP contribution is -2.15. The third kappa shape index (κ3) is 3.40. The third-order valence-corrected chi connectivity index (χ3v) is 3.11. The Bertz CT molecular complexity index is 720. The predicted molar refractivity (Wildman–Crippen MR) is 73.2 cm³/mol. The summed E-state index contributed by atoms with van der Waals surface area (Å²) in [6.07, 6.45) is 0.996. The van der Waals surface area contributed by atoms with E-state index in [0.717, 1.165) is 18.3 Å². The highest BCUT2D eigenvalue weighted by atomic mass is 79.9. The maximum Gasteiger partial charge on any atom is 0.337 e. The molecular weight excluding hydrogens is 350 g/mol. The first-order valence-electron chi connectivity index (χ1n) is 5.53. The van der Waals surface area contributed by atoms with Crippen molar-refractivity contribution in [1.82, 2.24) is 4.98 Å². The average Bonchev–Trinajstić information content (AvgIpc) is 2.44. The molecule has 1 aromatic carbocycles. The smallest absolute Gasteiger partial charge is 0.337 e. The zero-order chi connectivity index (χ0) is 15.6. The standard InChI is InChI=1S/C13H7BrF2N2O3/c14-7-3-9(16)11(4-8(7)15)18-12(19)10-2-1-6(5-17-10)13(20)21/h1-5H,(H,18,19)(H,20,21). The molecule has 2 aromatic rings. The number of carboxylic acid groups (broad SMARTS) is 1. The van der Waals surface area contributed by atoms with Crippen molar-refractivity contribution in [2.45, 2.75) is 0 Å². The van der Waals surface area contributed by atoms with Gasteiger partial charge in [0.2, 0.25) is 0 Å². The Hall–Kier alpha value is -2.35. The van der Waals surface area contributed by atoms with Gasteiger partial charge in [-0.1, -0.05) is 0 Å². The van der Waals surface area contributed by atoms with Crippen molar-refractivity contribution in [2.24, 2.45) is 0 Å². The van der Waals surface area contributed by atoms with Crippen molar-refractivity contribution in [1.29, 1.82) is 0 Å².